The lowest BCUT2D eigenvalue weighted by Crippen LogP contribution is -2.48. The van der Waals surface area contributed by atoms with Crippen molar-refractivity contribution in [3.05, 3.63) is 54.1 Å². The molecule has 0 aliphatic carbocycles. The minimum atomic E-state index is -0.689. The highest BCUT2D eigenvalue weighted by Crippen LogP contribution is 2.24. The molecule has 2 N–H and O–H groups in total. The Bertz CT molecular complexity index is 704. The van der Waals surface area contributed by atoms with Crippen LogP contribution in [0.4, 0.5) is 0 Å². The first-order chi connectivity index (χ1) is 12.0. The summed E-state index contributed by atoms with van der Waals surface area (Å²) >= 11 is 0. The van der Waals surface area contributed by atoms with Crippen molar-refractivity contribution in [3.63, 3.8) is 0 Å². The minimum Gasteiger partial charge on any atom is -0.497 e. The maximum atomic E-state index is 12.5. The zero-order valence-electron chi connectivity index (χ0n) is 14.0. The fourth-order valence-electron chi connectivity index (χ4n) is 2.84. The Labute approximate surface area is 146 Å². The molecular weight excluding hydrogens is 322 g/mol. The third-order valence-electron chi connectivity index (χ3n) is 4.09. The first kappa shape index (κ1) is 17.3. The van der Waals surface area contributed by atoms with Gasteiger partial charge in [-0.1, -0.05) is 0 Å². The molecule has 2 aromatic rings. The normalized spacial score (nSPS) is 20.2. The highest BCUT2D eigenvalue weighted by atomic mass is 16.5. The van der Waals surface area contributed by atoms with Crippen molar-refractivity contribution in [3.8, 4) is 17.2 Å². The lowest BCUT2D eigenvalue weighted by atomic mass is 10.0. The predicted octanol–water partition coefficient (Wildman–Crippen LogP) is 2.06. The molecule has 1 fully saturated rings. The van der Waals surface area contributed by atoms with Crippen LogP contribution < -0.4 is 9.47 Å². The maximum absolute atomic E-state index is 12.5. The van der Waals surface area contributed by atoms with Crippen molar-refractivity contribution in [2.45, 2.75) is 18.6 Å². The second-order valence-corrected chi connectivity index (χ2v) is 6.06. The Morgan fingerprint density at radius 3 is 1.92 bits per heavy atom. The number of carbonyl (C=O) groups excluding carboxylic acids is 1. The molecule has 0 bridgehead atoms. The number of amides is 1. The molecular formula is C19H21NO5. The van der Waals surface area contributed by atoms with E-state index in [1.807, 2.05) is 0 Å². The zero-order chi connectivity index (χ0) is 17.8. The van der Waals surface area contributed by atoms with Crippen molar-refractivity contribution < 1.29 is 24.5 Å². The summed E-state index contributed by atoms with van der Waals surface area (Å²) < 4.78 is 10.8. The van der Waals surface area contributed by atoms with E-state index in [-0.39, 0.29) is 19.0 Å². The fourth-order valence-corrected chi connectivity index (χ4v) is 2.84. The Hall–Kier alpha value is -2.57. The molecule has 0 unspecified atom stereocenters. The van der Waals surface area contributed by atoms with Crippen molar-refractivity contribution in [2.24, 2.45) is 0 Å². The number of rotatable bonds is 4. The molecule has 25 heavy (non-hydrogen) atoms. The fraction of sp³-hybridized carbons (Fsp3) is 0.316. The molecule has 6 nitrogen and oxygen atoms in total. The van der Waals surface area contributed by atoms with Gasteiger partial charge in [-0.2, -0.15) is 0 Å². The van der Waals surface area contributed by atoms with Crippen molar-refractivity contribution in [1.82, 2.24) is 4.90 Å². The molecule has 0 aromatic heterocycles. The standard InChI is InChI=1S/C19H21NO5/c1-24-16-6-8-18(9-7-16)25-17-4-2-13(3-5-17)19(23)20-11-14(21)10-15(22)12-20/h2-9,14-15,21-22H,10-12H2,1H3/t14-,15-/m1/s1. The first-order valence-electron chi connectivity index (χ1n) is 8.12. The van der Waals surface area contributed by atoms with Crippen LogP contribution >= 0.6 is 0 Å². The van der Waals surface area contributed by atoms with E-state index >= 15 is 0 Å². The number of nitrogens with zero attached hydrogens (tertiary/aromatic N) is 1. The van der Waals surface area contributed by atoms with Gasteiger partial charge in [-0.15, -0.1) is 0 Å². The number of piperidine rings is 1. The number of ether oxygens (including phenoxy) is 2. The molecule has 2 atom stereocenters. The summed E-state index contributed by atoms with van der Waals surface area (Å²) in [5, 5.41) is 19.4. The lowest BCUT2D eigenvalue weighted by Gasteiger charge is -2.33. The second kappa shape index (κ2) is 7.55. The molecule has 3 rings (SSSR count). The number of hydrogen-bond acceptors (Lipinski definition) is 5. The Morgan fingerprint density at radius 1 is 0.920 bits per heavy atom. The van der Waals surface area contributed by atoms with E-state index in [0.717, 1.165) is 5.75 Å². The molecule has 2 aromatic carbocycles. The highest BCUT2D eigenvalue weighted by Gasteiger charge is 2.28. The van der Waals surface area contributed by atoms with E-state index in [2.05, 4.69) is 0 Å². The molecule has 1 aliphatic heterocycles. The summed E-state index contributed by atoms with van der Waals surface area (Å²) in [6.45, 7) is 0.472. The smallest absolute Gasteiger partial charge is 0.254 e. The SMILES string of the molecule is COc1ccc(Oc2ccc(C(=O)N3C[C@H](O)C[C@@H](O)C3)cc2)cc1. The molecule has 0 spiro atoms. The van der Waals surface area contributed by atoms with Crippen molar-refractivity contribution in [2.75, 3.05) is 20.2 Å². The summed E-state index contributed by atoms with van der Waals surface area (Å²) in [7, 11) is 1.60. The number of likely N-dealkylation sites (tertiary alicyclic amines) is 1. The topological polar surface area (TPSA) is 79.2 Å². The Balaban J connectivity index is 1.65. The quantitative estimate of drug-likeness (QED) is 0.888. The van der Waals surface area contributed by atoms with Gasteiger partial charge < -0.3 is 24.6 Å². The van der Waals surface area contributed by atoms with Gasteiger partial charge in [0, 0.05) is 25.1 Å². The lowest BCUT2D eigenvalue weighted by molar-refractivity contribution is -0.00384. The Morgan fingerprint density at radius 2 is 1.40 bits per heavy atom. The Kier molecular flexibility index (Phi) is 5.21. The van der Waals surface area contributed by atoms with Gasteiger partial charge in [0.25, 0.3) is 5.91 Å². The first-order valence-corrected chi connectivity index (χ1v) is 8.12. The van der Waals surface area contributed by atoms with Gasteiger partial charge in [0.05, 0.1) is 19.3 Å². The molecule has 1 aliphatic rings. The van der Waals surface area contributed by atoms with E-state index < -0.39 is 12.2 Å². The third-order valence-corrected chi connectivity index (χ3v) is 4.09. The van der Waals surface area contributed by atoms with E-state index in [9.17, 15) is 15.0 Å². The molecule has 1 amide bonds. The molecule has 132 valence electrons. The predicted molar refractivity (Wildman–Crippen MR) is 92.0 cm³/mol. The summed E-state index contributed by atoms with van der Waals surface area (Å²) in [5.41, 5.74) is 0.489. The number of aliphatic hydroxyl groups is 2. The summed E-state index contributed by atoms with van der Waals surface area (Å²) in [5.74, 6) is 1.82. The summed E-state index contributed by atoms with van der Waals surface area (Å²) in [6, 6.07) is 14.0. The minimum absolute atomic E-state index is 0.214. The molecule has 0 saturated carbocycles. The van der Waals surface area contributed by atoms with Gasteiger partial charge in [0.15, 0.2) is 0 Å². The van der Waals surface area contributed by atoms with Crippen LogP contribution in [0.25, 0.3) is 0 Å². The van der Waals surface area contributed by atoms with Crippen molar-refractivity contribution >= 4 is 5.91 Å². The van der Waals surface area contributed by atoms with Crippen LogP contribution in [-0.4, -0.2) is 53.4 Å². The van der Waals surface area contributed by atoms with Crippen LogP contribution in [0, 0.1) is 0 Å². The van der Waals surface area contributed by atoms with Crippen LogP contribution in [0.5, 0.6) is 17.2 Å². The molecule has 0 radical (unpaired) electrons. The monoisotopic (exact) mass is 343 g/mol. The van der Waals surface area contributed by atoms with Gasteiger partial charge in [-0.05, 0) is 48.5 Å². The number of hydrogen-bond donors (Lipinski definition) is 2. The summed E-state index contributed by atoms with van der Waals surface area (Å²) in [4.78, 5) is 14.0. The van der Waals surface area contributed by atoms with Crippen LogP contribution in [0.2, 0.25) is 0 Å². The molecule has 1 saturated heterocycles. The molecule has 6 heteroatoms. The second-order valence-electron chi connectivity index (χ2n) is 6.06. The van der Waals surface area contributed by atoms with Gasteiger partial charge in [0.1, 0.15) is 17.2 Å². The van der Waals surface area contributed by atoms with E-state index in [4.69, 9.17) is 9.47 Å². The number of carbonyl (C=O) groups is 1. The largest absolute Gasteiger partial charge is 0.497 e. The number of aliphatic hydroxyl groups excluding tert-OH is 2. The third kappa shape index (κ3) is 4.29. The average Bonchev–Trinajstić information content (AvgIpc) is 2.61. The van der Waals surface area contributed by atoms with Crippen LogP contribution in [0.15, 0.2) is 48.5 Å². The number of benzene rings is 2. The summed E-state index contributed by atoms with van der Waals surface area (Å²) in [6.07, 6.45) is -1.07. The number of β-amino-alcohol motifs (C(OH)–C–C–N with tert-alkyl or cyclic N) is 2. The van der Waals surface area contributed by atoms with E-state index in [1.165, 1.54) is 4.90 Å². The van der Waals surface area contributed by atoms with E-state index in [0.29, 0.717) is 23.5 Å². The van der Waals surface area contributed by atoms with Crippen LogP contribution in [0.3, 0.4) is 0 Å². The average molecular weight is 343 g/mol. The molecule has 1 heterocycles. The van der Waals surface area contributed by atoms with Crippen molar-refractivity contribution in [1.29, 1.82) is 0 Å². The van der Waals surface area contributed by atoms with Gasteiger partial charge >= 0.3 is 0 Å². The van der Waals surface area contributed by atoms with Crippen LogP contribution in [-0.2, 0) is 0 Å². The zero-order valence-corrected chi connectivity index (χ0v) is 14.0. The number of methoxy groups -OCH3 is 1. The van der Waals surface area contributed by atoms with Gasteiger partial charge in [-0.3, -0.25) is 4.79 Å². The van der Waals surface area contributed by atoms with Crippen LogP contribution in [0.1, 0.15) is 16.8 Å². The highest BCUT2D eigenvalue weighted by molar-refractivity contribution is 5.94. The maximum Gasteiger partial charge on any atom is 0.254 e. The van der Waals surface area contributed by atoms with Gasteiger partial charge in [0.2, 0.25) is 0 Å². The van der Waals surface area contributed by atoms with E-state index in [1.54, 1.807) is 55.6 Å². The van der Waals surface area contributed by atoms with Gasteiger partial charge in [-0.25, -0.2) is 0 Å².